The molecule has 2 aliphatic heterocycles. The minimum absolute atomic E-state index is 0.125. The van der Waals surface area contributed by atoms with Crippen LogP contribution in [0.25, 0.3) is 0 Å². The van der Waals surface area contributed by atoms with Gasteiger partial charge in [0.15, 0.2) is 18.1 Å². The Balaban J connectivity index is 1.55. The average molecular weight is 503 g/mol. The Labute approximate surface area is 192 Å². The molecule has 1 aromatic carbocycles. The molecule has 2 aromatic rings. The molecule has 10 nitrogen and oxygen atoms in total. The zero-order chi connectivity index (χ0) is 22.8. The second-order valence-corrected chi connectivity index (χ2v) is 7.74. The molecule has 0 saturated heterocycles. The molecule has 0 saturated carbocycles. The molecule has 11 heteroatoms. The van der Waals surface area contributed by atoms with Crippen LogP contribution < -0.4 is 14.2 Å². The summed E-state index contributed by atoms with van der Waals surface area (Å²) in [6.07, 6.45) is -0.778. The topological polar surface area (TPSA) is 116 Å². The van der Waals surface area contributed by atoms with Gasteiger partial charge in [0, 0.05) is 29.6 Å². The predicted molar refractivity (Wildman–Crippen MR) is 114 cm³/mol. The van der Waals surface area contributed by atoms with E-state index in [0.717, 1.165) is 0 Å². The summed E-state index contributed by atoms with van der Waals surface area (Å²) in [7, 11) is 1.54. The van der Waals surface area contributed by atoms with Crippen molar-refractivity contribution in [1.29, 1.82) is 5.26 Å². The second kappa shape index (κ2) is 9.02. The van der Waals surface area contributed by atoms with Crippen LogP contribution in [0.1, 0.15) is 35.5 Å². The van der Waals surface area contributed by atoms with Crippen LogP contribution in [0.2, 0.25) is 0 Å². The number of hydrogen-bond donors (Lipinski definition) is 0. The molecular weight excluding hydrogens is 484 g/mol. The maximum absolute atomic E-state index is 12.2. The van der Waals surface area contributed by atoms with E-state index < -0.39 is 6.23 Å². The molecule has 32 heavy (non-hydrogen) atoms. The zero-order valence-corrected chi connectivity index (χ0v) is 19.1. The van der Waals surface area contributed by atoms with E-state index in [9.17, 15) is 10.1 Å². The van der Waals surface area contributed by atoms with E-state index >= 15 is 0 Å². The first-order chi connectivity index (χ1) is 15.4. The summed E-state index contributed by atoms with van der Waals surface area (Å²) >= 11 is 3.44. The molecular formula is C21H19BrN4O6. The van der Waals surface area contributed by atoms with Crippen LogP contribution in [-0.2, 0) is 20.9 Å². The monoisotopic (exact) mass is 502 g/mol. The molecule has 0 unspecified atom stereocenters. The maximum Gasteiger partial charge on any atom is 0.247 e. The van der Waals surface area contributed by atoms with E-state index in [4.69, 9.17) is 23.7 Å². The fourth-order valence-electron chi connectivity index (χ4n) is 3.29. The highest BCUT2D eigenvalue weighted by Crippen LogP contribution is 2.37. The maximum atomic E-state index is 12.2. The van der Waals surface area contributed by atoms with Gasteiger partial charge in [-0.2, -0.15) is 10.3 Å². The summed E-state index contributed by atoms with van der Waals surface area (Å²) in [5, 5.41) is 15.1. The molecule has 0 bridgehead atoms. The van der Waals surface area contributed by atoms with Gasteiger partial charge in [-0.05, 0) is 41.1 Å². The van der Waals surface area contributed by atoms with Gasteiger partial charge >= 0.3 is 0 Å². The lowest BCUT2D eigenvalue weighted by atomic mass is 10.1. The number of nitriles is 1. The van der Waals surface area contributed by atoms with Crippen molar-refractivity contribution < 1.29 is 28.5 Å². The van der Waals surface area contributed by atoms with Gasteiger partial charge < -0.3 is 23.7 Å². The zero-order valence-electron chi connectivity index (χ0n) is 17.5. The minimum Gasteiger partial charge on any atom is -0.467 e. The molecule has 0 radical (unpaired) electrons. The fraction of sp³-hybridized carbons (Fsp3) is 0.333. The molecule has 0 spiro atoms. The van der Waals surface area contributed by atoms with E-state index in [1.54, 1.807) is 25.1 Å². The van der Waals surface area contributed by atoms with Crippen molar-refractivity contribution in [1.82, 2.24) is 9.99 Å². The number of hydrogen-bond acceptors (Lipinski definition) is 9. The summed E-state index contributed by atoms with van der Waals surface area (Å²) in [4.78, 5) is 16.5. The smallest absolute Gasteiger partial charge is 0.247 e. The first-order valence-corrected chi connectivity index (χ1v) is 10.4. The van der Waals surface area contributed by atoms with Crippen LogP contribution in [0.4, 0.5) is 0 Å². The van der Waals surface area contributed by atoms with Crippen LogP contribution >= 0.6 is 15.9 Å². The van der Waals surface area contributed by atoms with Crippen molar-refractivity contribution in [2.75, 3.05) is 20.5 Å². The van der Waals surface area contributed by atoms with Crippen molar-refractivity contribution in [3.63, 3.8) is 0 Å². The number of amides is 1. The highest BCUT2D eigenvalue weighted by Gasteiger charge is 2.34. The molecule has 0 fully saturated rings. The molecule has 3 heterocycles. The molecule has 166 valence electrons. The molecule has 4 rings (SSSR count). The molecule has 0 N–H and O–H groups in total. The lowest BCUT2D eigenvalue weighted by Gasteiger charge is -2.19. The normalized spacial score (nSPS) is 16.4. The highest BCUT2D eigenvalue weighted by atomic mass is 79.9. The number of aromatic nitrogens is 1. The molecule has 1 amide bonds. The van der Waals surface area contributed by atoms with Gasteiger partial charge in [-0.3, -0.25) is 4.79 Å². The Kier molecular flexibility index (Phi) is 6.16. The Morgan fingerprint density at radius 3 is 2.84 bits per heavy atom. The van der Waals surface area contributed by atoms with Gasteiger partial charge in [-0.1, -0.05) is 0 Å². The fourth-order valence-corrected chi connectivity index (χ4v) is 3.69. The number of pyridine rings is 1. The van der Waals surface area contributed by atoms with Crippen molar-refractivity contribution in [3.8, 4) is 23.4 Å². The van der Waals surface area contributed by atoms with Gasteiger partial charge in [0.05, 0.1) is 12.3 Å². The number of hydrazone groups is 1. The largest absolute Gasteiger partial charge is 0.467 e. The Morgan fingerprint density at radius 2 is 2.12 bits per heavy atom. The first-order valence-electron chi connectivity index (χ1n) is 9.57. The summed E-state index contributed by atoms with van der Waals surface area (Å²) in [6.45, 7) is 3.41. The lowest BCUT2D eigenvalue weighted by molar-refractivity contribution is -0.135. The van der Waals surface area contributed by atoms with Crippen molar-refractivity contribution in [2.45, 2.75) is 26.7 Å². The SMILES string of the molecule is COCc1c(Br)c(C)nc(OCC2=NN(C(C)=O)[C@H](c3ccc4c(c3)OCO4)O2)c1C#N. The van der Waals surface area contributed by atoms with Gasteiger partial charge in [0.25, 0.3) is 0 Å². The van der Waals surface area contributed by atoms with E-state index in [-0.39, 0.29) is 43.3 Å². The third-order valence-electron chi connectivity index (χ3n) is 4.79. The van der Waals surface area contributed by atoms with Gasteiger partial charge in [-0.25, -0.2) is 4.98 Å². The lowest BCUT2D eigenvalue weighted by Crippen LogP contribution is -2.25. The van der Waals surface area contributed by atoms with Crippen molar-refractivity contribution in [2.24, 2.45) is 5.10 Å². The molecule has 2 aliphatic rings. The van der Waals surface area contributed by atoms with Gasteiger partial charge in [-0.15, -0.1) is 5.10 Å². The van der Waals surface area contributed by atoms with Crippen molar-refractivity contribution >= 4 is 27.7 Å². The molecule has 1 atom stereocenters. The number of methoxy groups -OCH3 is 1. The number of ether oxygens (including phenoxy) is 5. The highest BCUT2D eigenvalue weighted by molar-refractivity contribution is 9.10. The summed E-state index contributed by atoms with van der Waals surface area (Å²) < 4.78 is 28.3. The molecule has 1 aromatic heterocycles. The summed E-state index contributed by atoms with van der Waals surface area (Å²) in [6, 6.07) is 7.38. The summed E-state index contributed by atoms with van der Waals surface area (Å²) in [5.74, 6) is 1.19. The number of carbonyl (C=O) groups excluding carboxylic acids is 1. The Bertz CT molecular complexity index is 1150. The number of halogens is 1. The predicted octanol–water partition coefficient (Wildman–Crippen LogP) is 3.17. The van der Waals surface area contributed by atoms with E-state index in [0.29, 0.717) is 32.8 Å². The number of rotatable bonds is 6. The molecule has 0 aliphatic carbocycles. The van der Waals surface area contributed by atoms with E-state index in [2.05, 4.69) is 32.1 Å². The number of carbonyl (C=O) groups is 1. The van der Waals surface area contributed by atoms with Crippen LogP contribution in [0, 0.1) is 18.3 Å². The van der Waals surface area contributed by atoms with Crippen LogP contribution in [0.15, 0.2) is 27.8 Å². The minimum atomic E-state index is -0.778. The Hall–Kier alpha value is -3.36. The third-order valence-corrected chi connectivity index (χ3v) is 5.85. The standard InChI is InChI=1S/C21H19BrN4O6/c1-11-19(22)15(8-28-3)14(7-23)20(24-11)29-9-18-25-26(12(2)27)21(32-18)13-4-5-16-17(6-13)31-10-30-16/h4-6,21H,8-10H2,1-3H3/t21-/m0/s1. The number of fused-ring (bicyclic) bond motifs is 1. The van der Waals surface area contributed by atoms with Crippen LogP contribution in [0.5, 0.6) is 17.4 Å². The van der Waals surface area contributed by atoms with Crippen LogP contribution in [0.3, 0.4) is 0 Å². The number of benzene rings is 1. The van der Waals surface area contributed by atoms with E-state index in [1.165, 1.54) is 19.0 Å². The van der Waals surface area contributed by atoms with Gasteiger partial charge in [0.2, 0.25) is 30.7 Å². The number of aryl methyl sites for hydroxylation is 1. The quantitative estimate of drug-likeness (QED) is 0.591. The van der Waals surface area contributed by atoms with Gasteiger partial charge in [0.1, 0.15) is 11.6 Å². The van der Waals surface area contributed by atoms with Crippen molar-refractivity contribution in [3.05, 3.63) is 45.1 Å². The summed E-state index contributed by atoms with van der Waals surface area (Å²) in [5.41, 5.74) is 2.19. The first kappa shape index (κ1) is 21.9. The van der Waals surface area contributed by atoms with Crippen LogP contribution in [-0.4, -0.2) is 42.3 Å². The number of nitrogens with zero attached hydrogens (tertiary/aromatic N) is 4. The average Bonchev–Trinajstić information content (AvgIpc) is 3.42. The Morgan fingerprint density at radius 1 is 1.34 bits per heavy atom. The third kappa shape index (κ3) is 4.06. The van der Waals surface area contributed by atoms with E-state index in [1.807, 2.05) is 0 Å². The second-order valence-electron chi connectivity index (χ2n) is 6.94.